The first-order valence-electron chi connectivity index (χ1n) is 5.71. The number of hydrogen-bond acceptors (Lipinski definition) is 2. The Bertz CT molecular complexity index is 354. The predicted octanol–water partition coefficient (Wildman–Crippen LogP) is 2.80. The van der Waals surface area contributed by atoms with Crippen LogP contribution in [0.4, 0.5) is 0 Å². The number of carbonyl (C=O) groups is 2. The van der Waals surface area contributed by atoms with E-state index in [2.05, 4.69) is 0 Å². The van der Waals surface area contributed by atoms with Gasteiger partial charge in [0, 0.05) is 12.3 Å². The quantitative estimate of drug-likeness (QED) is 0.688. The Morgan fingerprint density at radius 3 is 2.38 bits per heavy atom. The molecule has 2 heteroatoms. The van der Waals surface area contributed by atoms with E-state index in [1.807, 2.05) is 37.3 Å². The number of ketones is 2. The molecule has 86 valence electrons. The van der Waals surface area contributed by atoms with E-state index in [1.165, 1.54) is 0 Å². The molecule has 0 aromatic heterocycles. The second-order valence-electron chi connectivity index (χ2n) is 4.13. The molecule has 1 atom stereocenters. The number of carbonyl (C=O) groups excluding carboxylic acids is 2. The lowest BCUT2D eigenvalue weighted by molar-refractivity contribution is -0.128. The summed E-state index contributed by atoms with van der Waals surface area (Å²) in [6.07, 6.45) is 1.25. The summed E-state index contributed by atoms with van der Waals surface area (Å²) in [6, 6.07) is 9.89. The topological polar surface area (TPSA) is 34.1 Å². The van der Waals surface area contributed by atoms with Crippen molar-refractivity contribution in [2.75, 3.05) is 0 Å². The van der Waals surface area contributed by atoms with Gasteiger partial charge in [-0.25, -0.2) is 0 Å². The molecule has 0 amide bonds. The molecule has 0 aliphatic heterocycles. The number of hydrogen-bond donors (Lipinski definition) is 0. The van der Waals surface area contributed by atoms with E-state index in [0.29, 0.717) is 6.42 Å². The normalized spacial score (nSPS) is 12.1. The molecule has 0 aliphatic rings. The SMILES string of the molecule is CCC(=O)CC(=O)C(C)Cc1ccccc1. The van der Waals surface area contributed by atoms with Gasteiger partial charge in [0.25, 0.3) is 0 Å². The summed E-state index contributed by atoms with van der Waals surface area (Å²) in [4.78, 5) is 22.9. The van der Waals surface area contributed by atoms with Crippen LogP contribution in [0.5, 0.6) is 0 Å². The second kappa shape index (κ2) is 6.21. The Morgan fingerprint density at radius 1 is 1.19 bits per heavy atom. The standard InChI is InChI=1S/C14H18O2/c1-3-13(15)10-14(16)11(2)9-12-7-5-4-6-8-12/h4-8,11H,3,9-10H2,1-2H3. The van der Waals surface area contributed by atoms with Crippen LogP contribution in [0.25, 0.3) is 0 Å². The maximum atomic E-state index is 11.7. The molecule has 0 bridgehead atoms. The molecule has 0 saturated carbocycles. The van der Waals surface area contributed by atoms with E-state index in [1.54, 1.807) is 6.92 Å². The molecule has 1 aromatic carbocycles. The molecule has 0 radical (unpaired) electrons. The summed E-state index contributed by atoms with van der Waals surface area (Å²) >= 11 is 0. The van der Waals surface area contributed by atoms with Gasteiger partial charge in [-0.1, -0.05) is 44.2 Å². The highest BCUT2D eigenvalue weighted by atomic mass is 16.1. The van der Waals surface area contributed by atoms with Gasteiger partial charge in [-0.2, -0.15) is 0 Å². The summed E-state index contributed by atoms with van der Waals surface area (Å²) in [5.74, 6) is 0.0125. The van der Waals surface area contributed by atoms with E-state index in [4.69, 9.17) is 0 Å². The summed E-state index contributed by atoms with van der Waals surface area (Å²) in [5, 5.41) is 0. The third-order valence-corrected chi connectivity index (χ3v) is 2.70. The van der Waals surface area contributed by atoms with E-state index < -0.39 is 0 Å². The maximum Gasteiger partial charge on any atom is 0.143 e. The molecule has 0 N–H and O–H groups in total. The predicted molar refractivity (Wildman–Crippen MR) is 64.2 cm³/mol. The molecule has 16 heavy (non-hydrogen) atoms. The average molecular weight is 218 g/mol. The lowest BCUT2D eigenvalue weighted by atomic mass is 9.94. The molecule has 0 saturated heterocycles. The third-order valence-electron chi connectivity index (χ3n) is 2.70. The largest absolute Gasteiger partial charge is 0.299 e. The Hall–Kier alpha value is -1.44. The zero-order chi connectivity index (χ0) is 12.0. The van der Waals surface area contributed by atoms with Gasteiger partial charge in [0.2, 0.25) is 0 Å². The highest BCUT2D eigenvalue weighted by Gasteiger charge is 2.15. The van der Waals surface area contributed by atoms with Crippen molar-refractivity contribution >= 4 is 11.6 Å². The van der Waals surface area contributed by atoms with Gasteiger partial charge in [0.15, 0.2) is 0 Å². The van der Waals surface area contributed by atoms with E-state index in [0.717, 1.165) is 12.0 Å². The van der Waals surface area contributed by atoms with Crippen LogP contribution in [0.2, 0.25) is 0 Å². The summed E-state index contributed by atoms with van der Waals surface area (Å²) < 4.78 is 0. The number of rotatable bonds is 6. The lowest BCUT2D eigenvalue weighted by Gasteiger charge is -2.09. The van der Waals surface area contributed by atoms with Crippen molar-refractivity contribution in [1.82, 2.24) is 0 Å². The van der Waals surface area contributed by atoms with E-state index >= 15 is 0 Å². The van der Waals surface area contributed by atoms with Crippen molar-refractivity contribution in [2.24, 2.45) is 5.92 Å². The minimum Gasteiger partial charge on any atom is -0.299 e. The second-order valence-corrected chi connectivity index (χ2v) is 4.13. The van der Waals surface area contributed by atoms with Crippen LogP contribution in [0.15, 0.2) is 30.3 Å². The fourth-order valence-electron chi connectivity index (χ4n) is 1.58. The molecule has 1 unspecified atom stereocenters. The molecule has 0 fully saturated rings. The van der Waals surface area contributed by atoms with Crippen molar-refractivity contribution in [2.45, 2.75) is 33.1 Å². The van der Waals surface area contributed by atoms with Crippen LogP contribution in [-0.4, -0.2) is 11.6 Å². The monoisotopic (exact) mass is 218 g/mol. The molecule has 1 aromatic rings. The van der Waals surface area contributed by atoms with Crippen molar-refractivity contribution < 1.29 is 9.59 Å². The molecule has 0 spiro atoms. The number of Topliss-reactive ketones (excluding diaryl/α,β-unsaturated/α-hetero) is 2. The zero-order valence-electron chi connectivity index (χ0n) is 9.90. The maximum absolute atomic E-state index is 11.7. The van der Waals surface area contributed by atoms with Crippen molar-refractivity contribution in [3.8, 4) is 0 Å². The summed E-state index contributed by atoms with van der Waals surface area (Å²) in [6.45, 7) is 3.68. The molecule has 1 rings (SSSR count). The average Bonchev–Trinajstić information content (AvgIpc) is 2.30. The van der Waals surface area contributed by atoms with Gasteiger partial charge in [0.1, 0.15) is 11.6 Å². The lowest BCUT2D eigenvalue weighted by Crippen LogP contribution is -2.17. The van der Waals surface area contributed by atoms with Crippen LogP contribution >= 0.6 is 0 Å². The van der Waals surface area contributed by atoms with Crippen molar-refractivity contribution in [3.63, 3.8) is 0 Å². The Labute approximate surface area is 96.7 Å². The smallest absolute Gasteiger partial charge is 0.143 e. The van der Waals surface area contributed by atoms with Crippen LogP contribution < -0.4 is 0 Å². The number of benzene rings is 1. The fourth-order valence-corrected chi connectivity index (χ4v) is 1.58. The fraction of sp³-hybridized carbons (Fsp3) is 0.429. The minimum absolute atomic E-state index is 0.0323. The minimum atomic E-state index is -0.0714. The summed E-state index contributed by atoms with van der Waals surface area (Å²) in [5.41, 5.74) is 1.15. The van der Waals surface area contributed by atoms with Crippen LogP contribution in [-0.2, 0) is 16.0 Å². The van der Waals surface area contributed by atoms with Gasteiger partial charge in [0.05, 0.1) is 6.42 Å². The van der Waals surface area contributed by atoms with Crippen molar-refractivity contribution in [3.05, 3.63) is 35.9 Å². The molecule has 0 aliphatic carbocycles. The van der Waals surface area contributed by atoms with Crippen molar-refractivity contribution in [1.29, 1.82) is 0 Å². The molecule has 0 heterocycles. The Kier molecular flexibility index (Phi) is 4.90. The van der Waals surface area contributed by atoms with Crippen LogP contribution in [0, 0.1) is 5.92 Å². The first-order valence-corrected chi connectivity index (χ1v) is 5.71. The summed E-state index contributed by atoms with van der Waals surface area (Å²) in [7, 11) is 0. The van der Waals surface area contributed by atoms with Gasteiger partial charge in [-0.3, -0.25) is 9.59 Å². The Balaban J connectivity index is 2.49. The van der Waals surface area contributed by atoms with Gasteiger partial charge in [-0.05, 0) is 12.0 Å². The highest BCUT2D eigenvalue weighted by Crippen LogP contribution is 2.11. The van der Waals surface area contributed by atoms with Gasteiger partial charge in [-0.15, -0.1) is 0 Å². The van der Waals surface area contributed by atoms with Crippen LogP contribution in [0.3, 0.4) is 0 Å². The Morgan fingerprint density at radius 2 is 1.81 bits per heavy atom. The zero-order valence-corrected chi connectivity index (χ0v) is 9.90. The first-order chi connectivity index (χ1) is 7.63. The van der Waals surface area contributed by atoms with Gasteiger partial charge < -0.3 is 0 Å². The van der Waals surface area contributed by atoms with Crippen LogP contribution in [0.1, 0.15) is 32.3 Å². The van der Waals surface area contributed by atoms with Gasteiger partial charge >= 0.3 is 0 Å². The first kappa shape index (κ1) is 12.6. The van der Waals surface area contributed by atoms with E-state index in [9.17, 15) is 9.59 Å². The molecule has 2 nitrogen and oxygen atoms in total. The molecular formula is C14H18O2. The van der Waals surface area contributed by atoms with E-state index in [-0.39, 0.29) is 23.9 Å². The third kappa shape index (κ3) is 3.97. The molecular weight excluding hydrogens is 200 g/mol. The highest BCUT2D eigenvalue weighted by molar-refractivity contribution is 5.99.